The van der Waals surface area contributed by atoms with Crippen LogP contribution in [0.4, 0.5) is 0 Å². The Kier molecular flexibility index (Phi) is 4.98. The van der Waals surface area contributed by atoms with Crippen molar-refractivity contribution in [3.05, 3.63) is 0 Å². The van der Waals surface area contributed by atoms with Gasteiger partial charge in [-0.2, -0.15) is 0 Å². The summed E-state index contributed by atoms with van der Waals surface area (Å²) in [6.45, 7) is 8.34. The topological polar surface area (TPSA) is 38.7 Å². The summed E-state index contributed by atoms with van der Waals surface area (Å²) in [5.74, 6) is 3.26. The molecule has 26 heavy (non-hydrogen) atoms. The second-order valence-electron chi connectivity index (χ2n) is 10.6. The predicted molar refractivity (Wildman–Crippen MR) is 104 cm³/mol. The minimum absolute atomic E-state index is 0.406. The highest BCUT2D eigenvalue weighted by molar-refractivity contribution is 5.10. The van der Waals surface area contributed by atoms with E-state index < -0.39 is 5.60 Å². The highest BCUT2D eigenvalue weighted by atomic mass is 16.5. The first-order valence-electron chi connectivity index (χ1n) is 11.2. The van der Waals surface area contributed by atoms with Crippen LogP contribution in [0.2, 0.25) is 0 Å². The highest BCUT2D eigenvalue weighted by Crippen LogP contribution is 2.67. The average molecular weight is 365 g/mol. The van der Waals surface area contributed by atoms with Crippen LogP contribution in [0.1, 0.15) is 78.6 Å². The monoisotopic (exact) mass is 364 g/mol. The minimum Gasteiger partial charge on any atom is -0.387 e. The van der Waals surface area contributed by atoms with Crippen molar-refractivity contribution in [2.45, 2.75) is 90.3 Å². The molecule has 0 saturated heterocycles. The maximum absolute atomic E-state index is 11.1. The van der Waals surface area contributed by atoms with Crippen LogP contribution in [0.15, 0.2) is 0 Å². The molecule has 150 valence electrons. The lowest BCUT2D eigenvalue weighted by molar-refractivity contribution is -0.169. The van der Waals surface area contributed by atoms with Gasteiger partial charge < -0.3 is 14.6 Å². The minimum atomic E-state index is -0.579. The van der Waals surface area contributed by atoms with E-state index in [0.29, 0.717) is 36.1 Å². The molecule has 0 radical (unpaired) electrons. The van der Waals surface area contributed by atoms with Gasteiger partial charge in [0, 0.05) is 13.7 Å². The Morgan fingerprint density at radius 1 is 0.923 bits per heavy atom. The Balaban J connectivity index is 1.52. The van der Waals surface area contributed by atoms with Crippen LogP contribution in [0.25, 0.3) is 0 Å². The van der Waals surface area contributed by atoms with E-state index in [-0.39, 0.29) is 0 Å². The summed E-state index contributed by atoms with van der Waals surface area (Å²) in [5, 5.41) is 11.1. The quantitative estimate of drug-likeness (QED) is 0.778. The second-order valence-corrected chi connectivity index (χ2v) is 10.6. The third-order valence-electron chi connectivity index (χ3n) is 9.59. The third kappa shape index (κ3) is 2.79. The SMILES string of the molecule is CCOCC1(O)CC[C@@]2(C)C(CC[C@@H]3[C@H]2CC[C@]2(C)C(OC)CC[C@@H]32)C1. The van der Waals surface area contributed by atoms with E-state index in [1.807, 2.05) is 14.0 Å². The standard InChI is InChI=1S/C23H40O3/c1-5-26-15-23(24)13-12-21(2)16(14-23)6-7-17-18-8-9-20(25-4)22(18,3)11-10-19(17)21/h16-20,24H,5-15H2,1-4H3/t16?,17-,18-,19+,20?,21-,22-,23?/m0/s1. The Morgan fingerprint density at radius 3 is 2.42 bits per heavy atom. The van der Waals surface area contributed by atoms with E-state index in [9.17, 15) is 5.11 Å². The van der Waals surface area contributed by atoms with Crippen LogP contribution in [0.3, 0.4) is 0 Å². The van der Waals surface area contributed by atoms with Gasteiger partial charge in [-0.05, 0) is 99.2 Å². The zero-order valence-electron chi connectivity index (χ0n) is 17.4. The number of rotatable bonds is 4. The molecule has 4 aliphatic rings. The average Bonchev–Trinajstić information content (AvgIpc) is 2.97. The van der Waals surface area contributed by atoms with Crippen molar-refractivity contribution < 1.29 is 14.6 Å². The first-order chi connectivity index (χ1) is 12.4. The van der Waals surface area contributed by atoms with Gasteiger partial charge in [-0.3, -0.25) is 0 Å². The van der Waals surface area contributed by atoms with Crippen molar-refractivity contribution in [1.29, 1.82) is 0 Å². The molecule has 0 heterocycles. The van der Waals surface area contributed by atoms with Gasteiger partial charge in [-0.25, -0.2) is 0 Å². The molecular formula is C23H40O3. The van der Waals surface area contributed by atoms with E-state index in [2.05, 4.69) is 13.8 Å². The maximum atomic E-state index is 11.1. The normalized spacial score (nSPS) is 53.7. The van der Waals surface area contributed by atoms with Crippen molar-refractivity contribution in [2.24, 2.45) is 34.5 Å². The van der Waals surface area contributed by atoms with E-state index in [4.69, 9.17) is 9.47 Å². The molecule has 4 aliphatic carbocycles. The van der Waals surface area contributed by atoms with E-state index in [1.165, 1.54) is 44.9 Å². The first-order valence-corrected chi connectivity index (χ1v) is 11.2. The van der Waals surface area contributed by atoms with Crippen molar-refractivity contribution in [1.82, 2.24) is 0 Å². The maximum Gasteiger partial charge on any atom is 0.0883 e. The summed E-state index contributed by atoms with van der Waals surface area (Å²) in [6.07, 6.45) is 11.5. The first kappa shape index (κ1) is 19.2. The largest absolute Gasteiger partial charge is 0.387 e. The van der Waals surface area contributed by atoms with Gasteiger partial charge in [-0.1, -0.05) is 13.8 Å². The van der Waals surface area contributed by atoms with Crippen molar-refractivity contribution in [2.75, 3.05) is 20.3 Å². The van der Waals surface area contributed by atoms with Gasteiger partial charge in [0.25, 0.3) is 0 Å². The Morgan fingerprint density at radius 2 is 1.69 bits per heavy atom. The lowest BCUT2D eigenvalue weighted by atomic mass is 9.44. The molecule has 0 aromatic heterocycles. The number of aliphatic hydroxyl groups is 1. The van der Waals surface area contributed by atoms with Gasteiger partial charge in [0.05, 0.1) is 18.3 Å². The van der Waals surface area contributed by atoms with Crippen LogP contribution in [-0.2, 0) is 9.47 Å². The molecule has 4 saturated carbocycles. The molecule has 8 atom stereocenters. The van der Waals surface area contributed by atoms with Crippen molar-refractivity contribution in [3.63, 3.8) is 0 Å². The molecule has 3 heteroatoms. The number of hydrogen-bond acceptors (Lipinski definition) is 3. The van der Waals surface area contributed by atoms with Crippen LogP contribution in [0.5, 0.6) is 0 Å². The second kappa shape index (κ2) is 6.74. The molecule has 4 fully saturated rings. The summed E-state index contributed by atoms with van der Waals surface area (Å²) in [7, 11) is 1.92. The smallest absolute Gasteiger partial charge is 0.0883 e. The molecule has 0 spiro atoms. The fourth-order valence-electron chi connectivity index (χ4n) is 8.08. The van der Waals surface area contributed by atoms with Crippen LogP contribution < -0.4 is 0 Å². The van der Waals surface area contributed by atoms with E-state index >= 15 is 0 Å². The summed E-state index contributed by atoms with van der Waals surface area (Å²) < 4.78 is 11.5. The number of ether oxygens (including phenoxy) is 2. The van der Waals surface area contributed by atoms with Gasteiger partial charge in [0.2, 0.25) is 0 Å². The Bertz CT molecular complexity index is 522. The molecule has 4 rings (SSSR count). The third-order valence-corrected chi connectivity index (χ3v) is 9.59. The van der Waals surface area contributed by atoms with Gasteiger partial charge in [0.15, 0.2) is 0 Å². The van der Waals surface area contributed by atoms with Gasteiger partial charge >= 0.3 is 0 Å². The summed E-state index contributed by atoms with van der Waals surface area (Å²) in [5.41, 5.74) is 0.252. The van der Waals surface area contributed by atoms with E-state index in [1.54, 1.807) is 0 Å². The molecule has 0 bridgehead atoms. The Labute approximate surface area is 160 Å². The molecule has 3 unspecified atom stereocenters. The Hall–Kier alpha value is -0.120. The molecular weight excluding hydrogens is 324 g/mol. The van der Waals surface area contributed by atoms with E-state index in [0.717, 1.165) is 30.6 Å². The molecule has 0 aliphatic heterocycles. The fraction of sp³-hybridized carbons (Fsp3) is 1.00. The zero-order valence-corrected chi connectivity index (χ0v) is 17.4. The lowest BCUT2D eigenvalue weighted by Crippen LogP contribution is -2.57. The number of hydrogen-bond donors (Lipinski definition) is 1. The zero-order chi connectivity index (χ0) is 18.6. The van der Waals surface area contributed by atoms with Crippen LogP contribution >= 0.6 is 0 Å². The summed E-state index contributed by atoms with van der Waals surface area (Å²) in [6, 6.07) is 0. The molecule has 0 aromatic rings. The lowest BCUT2D eigenvalue weighted by Gasteiger charge is -2.62. The number of fused-ring (bicyclic) bond motifs is 5. The summed E-state index contributed by atoms with van der Waals surface area (Å²) in [4.78, 5) is 0. The molecule has 1 N–H and O–H groups in total. The number of methoxy groups -OCH3 is 1. The van der Waals surface area contributed by atoms with Crippen LogP contribution in [-0.4, -0.2) is 37.1 Å². The van der Waals surface area contributed by atoms with Crippen molar-refractivity contribution in [3.8, 4) is 0 Å². The van der Waals surface area contributed by atoms with Crippen molar-refractivity contribution >= 4 is 0 Å². The van der Waals surface area contributed by atoms with Crippen LogP contribution in [0, 0.1) is 34.5 Å². The predicted octanol–water partition coefficient (Wildman–Crippen LogP) is 4.81. The fourth-order valence-corrected chi connectivity index (χ4v) is 8.08. The molecule has 0 amide bonds. The summed E-state index contributed by atoms with van der Waals surface area (Å²) >= 11 is 0. The highest BCUT2D eigenvalue weighted by Gasteiger charge is 2.61. The molecule has 3 nitrogen and oxygen atoms in total. The van der Waals surface area contributed by atoms with Gasteiger partial charge in [-0.15, -0.1) is 0 Å². The molecule has 0 aromatic carbocycles. The van der Waals surface area contributed by atoms with Gasteiger partial charge in [0.1, 0.15) is 0 Å².